The molecule has 1 heterocycles. The molecule has 174 valence electrons. The zero-order valence-electron chi connectivity index (χ0n) is 19.6. The molecule has 0 atom stereocenters. The standard InChI is InChI=1S/C28H26ClNO4/c1-17(2)21-8-10-22(11-9-21)27-30-24(28(31)34-27)14-20-13-23(29)26(25(15-20)32-4)33-16-19-7-5-6-18(3)12-19/h5-15,17H,16H2,1-4H3/b24-14-. The first-order valence-corrected chi connectivity index (χ1v) is 11.4. The van der Waals surface area contributed by atoms with Gasteiger partial charge in [-0.25, -0.2) is 9.79 Å². The van der Waals surface area contributed by atoms with Gasteiger partial charge in [-0.05, 0) is 59.9 Å². The number of rotatable bonds is 7. The average molecular weight is 476 g/mol. The first-order chi connectivity index (χ1) is 16.3. The lowest BCUT2D eigenvalue weighted by molar-refractivity contribution is -0.129. The van der Waals surface area contributed by atoms with Crippen LogP contribution in [-0.2, 0) is 16.1 Å². The summed E-state index contributed by atoms with van der Waals surface area (Å²) < 4.78 is 16.8. The van der Waals surface area contributed by atoms with Crippen LogP contribution in [-0.4, -0.2) is 19.0 Å². The highest BCUT2D eigenvalue weighted by molar-refractivity contribution is 6.32. The van der Waals surface area contributed by atoms with E-state index in [4.69, 9.17) is 25.8 Å². The van der Waals surface area contributed by atoms with Gasteiger partial charge < -0.3 is 14.2 Å². The molecule has 3 aromatic carbocycles. The maximum atomic E-state index is 12.4. The first-order valence-electron chi connectivity index (χ1n) is 11.0. The van der Waals surface area contributed by atoms with Crippen LogP contribution >= 0.6 is 11.6 Å². The van der Waals surface area contributed by atoms with E-state index in [9.17, 15) is 4.79 Å². The average Bonchev–Trinajstić information content (AvgIpc) is 3.18. The summed E-state index contributed by atoms with van der Waals surface area (Å²) in [5, 5.41) is 0.374. The van der Waals surface area contributed by atoms with Crippen LogP contribution < -0.4 is 9.47 Å². The SMILES string of the molecule is COc1cc(/C=C2\N=C(c3ccc(C(C)C)cc3)OC2=O)cc(Cl)c1OCc1cccc(C)c1. The molecule has 3 aromatic rings. The number of halogens is 1. The second kappa shape index (κ2) is 10.1. The Hall–Kier alpha value is -3.57. The van der Waals surface area contributed by atoms with E-state index in [2.05, 4.69) is 24.9 Å². The molecule has 5 nitrogen and oxygen atoms in total. The molecule has 0 bridgehead atoms. The Balaban J connectivity index is 1.57. The Kier molecular flexibility index (Phi) is 7.03. The molecule has 6 heteroatoms. The highest BCUT2D eigenvalue weighted by Crippen LogP contribution is 2.38. The predicted molar refractivity (Wildman–Crippen MR) is 135 cm³/mol. The van der Waals surface area contributed by atoms with Gasteiger partial charge in [0.15, 0.2) is 17.2 Å². The number of carbonyl (C=O) groups is 1. The molecule has 34 heavy (non-hydrogen) atoms. The quantitative estimate of drug-likeness (QED) is 0.281. The van der Waals surface area contributed by atoms with Gasteiger partial charge in [-0.1, -0.05) is 67.4 Å². The second-order valence-corrected chi connectivity index (χ2v) is 8.83. The molecule has 0 fully saturated rings. The zero-order valence-corrected chi connectivity index (χ0v) is 20.3. The van der Waals surface area contributed by atoms with Crippen molar-refractivity contribution in [3.8, 4) is 11.5 Å². The largest absolute Gasteiger partial charge is 0.493 e. The van der Waals surface area contributed by atoms with E-state index in [1.165, 1.54) is 5.56 Å². The number of cyclic esters (lactones) is 1. The number of carbonyl (C=O) groups excluding carboxylic acids is 1. The van der Waals surface area contributed by atoms with Crippen molar-refractivity contribution in [3.05, 3.63) is 99.2 Å². The van der Waals surface area contributed by atoms with Crippen LogP contribution in [0.3, 0.4) is 0 Å². The number of esters is 1. The molecule has 0 spiro atoms. The number of hydrogen-bond acceptors (Lipinski definition) is 5. The lowest BCUT2D eigenvalue weighted by atomic mass is 10.0. The third kappa shape index (κ3) is 5.32. The van der Waals surface area contributed by atoms with Crippen molar-refractivity contribution in [2.75, 3.05) is 7.11 Å². The van der Waals surface area contributed by atoms with Crippen molar-refractivity contribution in [2.24, 2.45) is 4.99 Å². The van der Waals surface area contributed by atoms with E-state index >= 15 is 0 Å². The second-order valence-electron chi connectivity index (χ2n) is 8.42. The Bertz CT molecular complexity index is 1280. The van der Waals surface area contributed by atoms with E-state index in [0.29, 0.717) is 34.6 Å². The van der Waals surface area contributed by atoms with Crippen molar-refractivity contribution in [1.82, 2.24) is 0 Å². The van der Waals surface area contributed by atoms with Crippen LogP contribution in [0.5, 0.6) is 11.5 Å². The third-order valence-electron chi connectivity index (χ3n) is 5.47. The fourth-order valence-electron chi connectivity index (χ4n) is 3.62. The number of benzene rings is 3. The van der Waals surface area contributed by atoms with Crippen LogP contribution in [0.15, 0.2) is 71.4 Å². The topological polar surface area (TPSA) is 57.1 Å². The summed E-state index contributed by atoms with van der Waals surface area (Å²) in [5.41, 5.74) is 4.97. The van der Waals surface area contributed by atoms with Crippen molar-refractivity contribution >= 4 is 29.5 Å². The first kappa shape index (κ1) is 23.6. The van der Waals surface area contributed by atoms with E-state index < -0.39 is 5.97 Å². The molecule has 0 saturated carbocycles. The normalized spacial score (nSPS) is 14.4. The molecular weight excluding hydrogens is 450 g/mol. The lowest BCUT2D eigenvalue weighted by Crippen LogP contribution is -2.05. The highest BCUT2D eigenvalue weighted by Gasteiger charge is 2.24. The number of hydrogen-bond donors (Lipinski definition) is 0. The van der Waals surface area contributed by atoms with Gasteiger partial charge in [-0.3, -0.25) is 0 Å². The number of ether oxygens (including phenoxy) is 3. The van der Waals surface area contributed by atoms with Crippen molar-refractivity contribution < 1.29 is 19.0 Å². The predicted octanol–water partition coefficient (Wildman–Crippen LogP) is 6.70. The van der Waals surface area contributed by atoms with Gasteiger partial charge in [0.25, 0.3) is 0 Å². The fourth-order valence-corrected chi connectivity index (χ4v) is 3.90. The van der Waals surface area contributed by atoms with Crippen LogP contribution in [0.4, 0.5) is 0 Å². The van der Waals surface area contributed by atoms with Gasteiger partial charge in [0.05, 0.1) is 12.1 Å². The summed E-state index contributed by atoms with van der Waals surface area (Å²) in [5.74, 6) is 1.09. The number of aliphatic imine (C=N–C) groups is 1. The summed E-state index contributed by atoms with van der Waals surface area (Å²) in [6, 6.07) is 19.4. The van der Waals surface area contributed by atoms with Crippen LogP contribution in [0.2, 0.25) is 5.02 Å². The van der Waals surface area contributed by atoms with Gasteiger partial charge in [0.1, 0.15) is 6.61 Å². The Morgan fingerprint density at radius 1 is 1.09 bits per heavy atom. The molecule has 0 amide bonds. The van der Waals surface area contributed by atoms with Crippen molar-refractivity contribution in [3.63, 3.8) is 0 Å². The summed E-state index contributed by atoms with van der Waals surface area (Å²) in [4.78, 5) is 16.8. The van der Waals surface area contributed by atoms with Crippen LogP contribution in [0.25, 0.3) is 6.08 Å². The van der Waals surface area contributed by atoms with Crippen molar-refractivity contribution in [1.29, 1.82) is 0 Å². The Morgan fingerprint density at radius 3 is 2.53 bits per heavy atom. The zero-order chi connectivity index (χ0) is 24.2. The van der Waals surface area contributed by atoms with Crippen LogP contribution in [0.1, 0.15) is 47.6 Å². The molecule has 0 saturated heterocycles. The number of nitrogens with zero attached hydrogens (tertiary/aromatic N) is 1. The van der Waals surface area contributed by atoms with E-state index in [1.54, 1.807) is 25.3 Å². The van der Waals surface area contributed by atoms with Crippen LogP contribution in [0, 0.1) is 6.92 Å². The molecule has 0 radical (unpaired) electrons. The maximum Gasteiger partial charge on any atom is 0.363 e. The molecule has 0 aliphatic carbocycles. The summed E-state index contributed by atoms with van der Waals surface area (Å²) in [6.45, 7) is 6.64. The molecule has 0 aromatic heterocycles. The Morgan fingerprint density at radius 2 is 1.85 bits per heavy atom. The van der Waals surface area contributed by atoms with Gasteiger partial charge >= 0.3 is 5.97 Å². The smallest absolute Gasteiger partial charge is 0.363 e. The van der Waals surface area contributed by atoms with E-state index in [-0.39, 0.29) is 11.6 Å². The molecule has 0 N–H and O–H groups in total. The molecule has 0 unspecified atom stereocenters. The summed E-state index contributed by atoms with van der Waals surface area (Å²) >= 11 is 6.51. The minimum atomic E-state index is -0.516. The number of aryl methyl sites for hydroxylation is 1. The van der Waals surface area contributed by atoms with Crippen molar-refractivity contribution in [2.45, 2.75) is 33.3 Å². The van der Waals surface area contributed by atoms with E-state index in [1.807, 2.05) is 49.4 Å². The van der Waals surface area contributed by atoms with Gasteiger partial charge in [-0.2, -0.15) is 0 Å². The number of methoxy groups -OCH3 is 1. The molecule has 4 rings (SSSR count). The minimum absolute atomic E-state index is 0.189. The molecule has 1 aliphatic heterocycles. The fraction of sp³-hybridized carbons (Fsp3) is 0.214. The Labute approximate surface area is 204 Å². The molecule has 1 aliphatic rings. The van der Waals surface area contributed by atoms with Gasteiger partial charge in [0, 0.05) is 5.56 Å². The third-order valence-corrected chi connectivity index (χ3v) is 5.75. The summed E-state index contributed by atoms with van der Waals surface area (Å²) in [7, 11) is 1.54. The van der Waals surface area contributed by atoms with Gasteiger partial charge in [0.2, 0.25) is 5.90 Å². The summed E-state index contributed by atoms with van der Waals surface area (Å²) in [6.07, 6.45) is 1.62. The van der Waals surface area contributed by atoms with Gasteiger partial charge in [-0.15, -0.1) is 0 Å². The maximum absolute atomic E-state index is 12.4. The minimum Gasteiger partial charge on any atom is -0.493 e. The monoisotopic (exact) mass is 475 g/mol. The molecular formula is C28H26ClNO4. The lowest BCUT2D eigenvalue weighted by Gasteiger charge is -2.13. The van der Waals surface area contributed by atoms with E-state index in [0.717, 1.165) is 16.7 Å². The highest BCUT2D eigenvalue weighted by atomic mass is 35.5.